The lowest BCUT2D eigenvalue weighted by atomic mass is 10.1. The predicted molar refractivity (Wildman–Crippen MR) is 96.3 cm³/mol. The first-order chi connectivity index (χ1) is 12.6. The third-order valence-corrected chi connectivity index (χ3v) is 4.20. The number of carbonyl (C=O) groups is 3. The van der Waals surface area contributed by atoms with Crippen molar-refractivity contribution in [3.05, 3.63) is 47.8 Å². The Morgan fingerprint density at radius 3 is 2.15 bits per heavy atom. The molecule has 0 saturated carbocycles. The second kappa shape index (κ2) is 7.73. The number of rotatable bonds is 5. The standard InChI is InChI=1S/C18H19N5O3/c1-13(25)14-2-4-16(5-3-14)21-17(26)15-10-19-18(20-11-15)23-8-6-22(12-24)7-9-23/h2-5,10-12H,6-9H2,1H3,(H,21,26). The summed E-state index contributed by atoms with van der Waals surface area (Å²) in [6, 6.07) is 6.68. The molecular formula is C18H19N5O3. The molecule has 0 unspecified atom stereocenters. The van der Waals surface area contributed by atoms with Gasteiger partial charge in [0.15, 0.2) is 5.78 Å². The van der Waals surface area contributed by atoms with Crippen molar-refractivity contribution >= 4 is 29.7 Å². The van der Waals surface area contributed by atoms with E-state index in [0.29, 0.717) is 48.9 Å². The summed E-state index contributed by atoms with van der Waals surface area (Å²) in [7, 11) is 0. The average molecular weight is 353 g/mol. The first kappa shape index (κ1) is 17.5. The summed E-state index contributed by atoms with van der Waals surface area (Å²) in [5.41, 5.74) is 1.52. The van der Waals surface area contributed by atoms with E-state index in [-0.39, 0.29) is 11.7 Å². The van der Waals surface area contributed by atoms with Crippen LogP contribution in [0.2, 0.25) is 0 Å². The minimum Gasteiger partial charge on any atom is -0.342 e. The van der Waals surface area contributed by atoms with Crippen LogP contribution in [0.4, 0.5) is 11.6 Å². The van der Waals surface area contributed by atoms with E-state index in [1.54, 1.807) is 29.2 Å². The molecule has 1 N–H and O–H groups in total. The van der Waals surface area contributed by atoms with Gasteiger partial charge in [0.1, 0.15) is 0 Å². The molecule has 1 saturated heterocycles. The molecule has 0 radical (unpaired) electrons. The van der Waals surface area contributed by atoms with E-state index in [4.69, 9.17) is 0 Å². The van der Waals surface area contributed by atoms with Crippen molar-refractivity contribution in [2.75, 3.05) is 36.4 Å². The Morgan fingerprint density at radius 2 is 1.62 bits per heavy atom. The van der Waals surface area contributed by atoms with Crippen LogP contribution < -0.4 is 10.2 Å². The summed E-state index contributed by atoms with van der Waals surface area (Å²) < 4.78 is 0. The minimum atomic E-state index is -0.321. The Labute approximate surface area is 150 Å². The number of piperazine rings is 1. The van der Waals surface area contributed by atoms with E-state index in [0.717, 1.165) is 6.41 Å². The molecule has 1 aromatic carbocycles. The molecule has 1 aliphatic rings. The number of benzene rings is 1. The highest BCUT2D eigenvalue weighted by Gasteiger charge is 2.18. The van der Waals surface area contributed by atoms with Crippen LogP contribution in [0.15, 0.2) is 36.7 Å². The number of ketones is 1. The maximum Gasteiger partial charge on any atom is 0.258 e. The molecule has 1 aromatic heterocycles. The van der Waals surface area contributed by atoms with Gasteiger partial charge in [0.05, 0.1) is 5.56 Å². The Kier molecular flexibility index (Phi) is 5.21. The summed E-state index contributed by atoms with van der Waals surface area (Å²) in [5.74, 6) is 0.191. The Morgan fingerprint density at radius 1 is 1.00 bits per heavy atom. The maximum atomic E-state index is 12.3. The Hall–Kier alpha value is -3.29. The molecule has 1 fully saturated rings. The van der Waals surface area contributed by atoms with E-state index >= 15 is 0 Å². The monoisotopic (exact) mass is 353 g/mol. The zero-order chi connectivity index (χ0) is 18.5. The molecule has 8 heteroatoms. The van der Waals surface area contributed by atoms with Gasteiger partial charge < -0.3 is 15.1 Å². The van der Waals surface area contributed by atoms with Crippen LogP contribution in [0.1, 0.15) is 27.6 Å². The summed E-state index contributed by atoms with van der Waals surface area (Å²) in [6.45, 7) is 4.07. The largest absolute Gasteiger partial charge is 0.342 e. The third-order valence-electron chi connectivity index (χ3n) is 4.20. The number of nitrogens with one attached hydrogen (secondary N) is 1. The van der Waals surface area contributed by atoms with Crippen molar-refractivity contribution in [2.45, 2.75) is 6.92 Å². The second-order valence-corrected chi connectivity index (χ2v) is 5.99. The van der Waals surface area contributed by atoms with Crippen LogP contribution in [0.25, 0.3) is 0 Å². The van der Waals surface area contributed by atoms with Crippen LogP contribution in [0, 0.1) is 0 Å². The number of nitrogens with zero attached hydrogens (tertiary/aromatic N) is 4. The molecule has 0 spiro atoms. The zero-order valence-corrected chi connectivity index (χ0v) is 14.4. The average Bonchev–Trinajstić information content (AvgIpc) is 2.68. The van der Waals surface area contributed by atoms with Crippen LogP contribution >= 0.6 is 0 Å². The molecule has 2 heterocycles. The smallest absolute Gasteiger partial charge is 0.258 e. The first-order valence-electron chi connectivity index (χ1n) is 8.25. The van der Waals surface area contributed by atoms with Crippen molar-refractivity contribution in [2.24, 2.45) is 0 Å². The van der Waals surface area contributed by atoms with E-state index < -0.39 is 0 Å². The number of hydrogen-bond acceptors (Lipinski definition) is 6. The van der Waals surface area contributed by atoms with Gasteiger partial charge in [-0.15, -0.1) is 0 Å². The van der Waals surface area contributed by atoms with Crippen LogP contribution in [-0.2, 0) is 4.79 Å². The molecule has 134 valence electrons. The summed E-state index contributed by atoms with van der Waals surface area (Å²) in [5, 5.41) is 2.75. The van der Waals surface area contributed by atoms with E-state index in [1.165, 1.54) is 19.3 Å². The van der Waals surface area contributed by atoms with Crippen molar-refractivity contribution in [1.29, 1.82) is 0 Å². The number of anilines is 2. The van der Waals surface area contributed by atoms with Crippen LogP contribution in [0.3, 0.4) is 0 Å². The first-order valence-corrected chi connectivity index (χ1v) is 8.25. The normalized spacial score (nSPS) is 14.0. The SMILES string of the molecule is CC(=O)c1ccc(NC(=O)c2cnc(N3CCN(C=O)CC3)nc2)cc1. The number of carbonyl (C=O) groups excluding carboxylic acids is 3. The van der Waals surface area contributed by atoms with E-state index in [9.17, 15) is 14.4 Å². The quantitative estimate of drug-likeness (QED) is 0.641. The van der Waals surface area contributed by atoms with Gasteiger partial charge in [-0.2, -0.15) is 0 Å². The van der Waals surface area contributed by atoms with Gasteiger partial charge in [0.25, 0.3) is 5.91 Å². The summed E-state index contributed by atoms with van der Waals surface area (Å²) in [6.07, 6.45) is 3.80. The molecule has 2 amide bonds. The van der Waals surface area contributed by atoms with Gasteiger partial charge in [0, 0.05) is 49.8 Å². The van der Waals surface area contributed by atoms with Gasteiger partial charge in [-0.1, -0.05) is 0 Å². The highest BCUT2D eigenvalue weighted by Crippen LogP contribution is 2.13. The van der Waals surface area contributed by atoms with Gasteiger partial charge in [-0.25, -0.2) is 9.97 Å². The van der Waals surface area contributed by atoms with Crippen LogP contribution in [0.5, 0.6) is 0 Å². The molecular weight excluding hydrogens is 334 g/mol. The number of aromatic nitrogens is 2. The highest BCUT2D eigenvalue weighted by molar-refractivity contribution is 6.04. The lowest BCUT2D eigenvalue weighted by Gasteiger charge is -2.32. The molecule has 2 aromatic rings. The fraction of sp³-hybridized carbons (Fsp3) is 0.278. The van der Waals surface area contributed by atoms with Crippen LogP contribution in [-0.4, -0.2) is 59.1 Å². The van der Waals surface area contributed by atoms with E-state index in [2.05, 4.69) is 15.3 Å². The highest BCUT2D eigenvalue weighted by atomic mass is 16.2. The van der Waals surface area contributed by atoms with Gasteiger partial charge in [-0.3, -0.25) is 14.4 Å². The predicted octanol–water partition coefficient (Wildman–Crippen LogP) is 1.21. The Bertz CT molecular complexity index is 797. The maximum absolute atomic E-state index is 12.3. The number of amides is 2. The Balaban J connectivity index is 1.61. The van der Waals surface area contributed by atoms with Crippen molar-refractivity contribution < 1.29 is 14.4 Å². The lowest BCUT2D eigenvalue weighted by molar-refractivity contribution is -0.118. The van der Waals surface area contributed by atoms with Gasteiger partial charge in [0.2, 0.25) is 12.4 Å². The zero-order valence-electron chi connectivity index (χ0n) is 14.4. The summed E-state index contributed by atoms with van der Waals surface area (Å²) >= 11 is 0. The molecule has 3 rings (SSSR count). The van der Waals surface area contributed by atoms with Crippen molar-refractivity contribution in [3.8, 4) is 0 Å². The minimum absolute atomic E-state index is 0.0270. The lowest BCUT2D eigenvalue weighted by Crippen LogP contribution is -2.46. The molecule has 0 atom stereocenters. The molecule has 0 aliphatic carbocycles. The third kappa shape index (κ3) is 4.02. The second-order valence-electron chi connectivity index (χ2n) is 5.99. The van der Waals surface area contributed by atoms with Gasteiger partial charge >= 0.3 is 0 Å². The fourth-order valence-corrected chi connectivity index (χ4v) is 2.62. The molecule has 1 aliphatic heterocycles. The molecule has 0 bridgehead atoms. The molecule has 8 nitrogen and oxygen atoms in total. The topological polar surface area (TPSA) is 95.5 Å². The summed E-state index contributed by atoms with van der Waals surface area (Å²) in [4.78, 5) is 46.5. The fourth-order valence-electron chi connectivity index (χ4n) is 2.62. The number of Topliss-reactive ketones (excluding diaryl/α,β-unsaturated/α-hetero) is 1. The van der Waals surface area contributed by atoms with Gasteiger partial charge in [-0.05, 0) is 31.2 Å². The molecule has 26 heavy (non-hydrogen) atoms. The van der Waals surface area contributed by atoms with Crippen molar-refractivity contribution in [3.63, 3.8) is 0 Å². The number of hydrogen-bond donors (Lipinski definition) is 1. The van der Waals surface area contributed by atoms with E-state index in [1.807, 2.05) is 4.90 Å². The van der Waals surface area contributed by atoms with Crippen molar-refractivity contribution in [1.82, 2.24) is 14.9 Å².